The molecule has 3 aromatic carbocycles. The van der Waals surface area contributed by atoms with Crippen molar-refractivity contribution in [2.45, 2.75) is 12.2 Å². The van der Waals surface area contributed by atoms with Crippen molar-refractivity contribution in [1.82, 2.24) is 0 Å². The number of halogens is 3. The second-order valence-electron chi connectivity index (χ2n) is 5.62. The Balaban J connectivity index is 1.89. The van der Waals surface area contributed by atoms with Gasteiger partial charge in [0.15, 0.2) is 0 Å². The van der Waals surface area contributed by atoms with Gasteiger partial charge in [-0.2, -0.15) is 13.2 Å². The van der Waals surface area contributed by atoms with Crippen LogP contribution in [0.3, 0.4) is 0 Å². The zero-order chi connectivity index (χ0) is 17.7. The van der Waals surface area contributed by atoms with E-state index in [-0.39, 0.29) is 6.04 Å². The van der Waals surface area contributed by atoms with Gasteiger partial charge in [-0.1, -0.05) is 72.8 Å². The molecule has 0 spiro atoms. The minimum atomic E-state index is -4.33. The quantitative estimate of drug-likeness (QED) is 0.524. The number of nitrogens with zero attached hydrogens (tertiary/aromatic N) is 1. The highest BCUT2D eigenvalue weighted by Crippen LogP contribution is 2.29. The molecule has 3 aromatic rings. The maximum absolute atomic E-state index is 12.6. The number of benzene rings is 3. The summed E-state index contributed by atoms with van der Waals surface area (Å²) in [6.45, 7) is 0. The first kappa shape index (κ1) is 17.0. The SMILES string of the molecule is FC(F)(F)c1ccc(/C=N/C(c2ccccc2)c2ccccc2)cc1. The molecular formula is C21H16F3N. The lowest BCUT2D eigenvalue weighted by atomic mass is 9.99. The normalized spacial score (nSPS) is 12.0. The highest BCUT2D eigenvalue weighted by atomic mass is 19.4. The first-order chi connectivity index (χ1) is 12.0. The van der Waals surface area contributed by atoms with E-state index in [1.807, 2.05) is 60.7 Å². The minimum absolute atomic E-state index is 0.204. The van der Waals surface area contributed by atoms with E-state index in [9.17, 15) is 13.2 Å². The number of alkyl halides is 3. The lowest BCUT2D eigenvalue weighted by molar-refractivity contribution is -0.137. The smallest absolute Gasteiger partial charge is 0.280 e. The molecule has 0 aromatic heterocycles. The van der Waals surface area contributed by atoms with Gasteiger partial charge in [0.05, 0.1) is 11.6 Å². The second-order valence-corrected chi connectivity index (χ2v) is 5.62. The standard InChI is InChI=1S/C21H16F3N/c22-21(23,24)19-13-11-16(12-14-19)15-25-20(17-7-3-1-4-8-17)18-9-5-2-6-10-18/h1-15,20H/b25-15+. The van der Waals surface area contributed by atoms with Gasteiger partial charge in [-0.15, -0.1) is 0 Å². The Morgan fingerprint density at radius 2 is 1.16 bits per heavy atom. The first-order valence-corrected chi connectivity index (χ1v) is 7.84. The first-order valence-electron chi connectivity index (χ1n) is 7.84. The van der Waals surface area contributed by atoms with Gasteiger partial charge >= 0.3 is 6.18 Å². The number of aliphatic imine (C=N–C) groups is 1. The van der Waals surface area contributed by atoms with Crippen LogP contribution in [0.15, 0.2) is 89.9 Å². The van der Waals surface area contributed by atoms with Gasteiger partial charge in [0.1, 0.15) is 0 Å². The minimum Gasteiger partial charge on any atom is -0.280 e. The molecule has 0 amide bonds. The Labute approximate surface area is 144 Å². The highest BCUT2D eigenvalue weighted by Gasteiger charge is 2.29. The molecule has 0 saturated heterocycles. The molecule has 25 heavy (non-hydrogen) atoms. The van der Waals surface area contributed by atoms with E-state index in [0.29, 0.717) is 5.56 Å². The highest BCUT2D eigenvalue weighted by molar-refractivity contribution is 5.80. The third-order valence-electron chi connectivity index (χ3n) is 3.84. The largest absolute Gasteiger partial charge is 0.416 e. The van der Waals surface area contributed by atoms with Crippen LogP contribution in [0.4, 0.5) is 13.2 Å². The van der Waals surface area contributed by atoms with Crippen molar-refractivity contribution in [3.8, 4) is 0 Å². The third-order valence-corrected chi connectivity index (χ3v) is 3.84. The van der Waals surface area contributed by atoms with Crippen molar-refractivity contribution in [2.24, 2.45) is 4.99 Å². The van der Waals surface area contributed by atoms with Crippen LogP contribution in [0.2, 0.25) is 0 Å². The Morgan fingerprint density at radius 3 is 1.60 bits per heavy atom. The number of hydrogen-bond donors (Lipinski definition) is 0. The van der Waals surface area contributed by atoms with E-state index < -0.39 is 11.7 Å². The topological polar surface area (TPSA) is 12.4 Å². The molecule has 0 aliphatic carbocycles. The maximum Gasteiger partial charge on any atom is 0.416 e. The van der Waals surface area contributed by atoms with Crippen molar-refractivity contribution < 1.29 is 13.2 Å². The van der Waals surface area contributed by atoms with Crippen molar-refractivity contribution >= 4 is 6.21 Å². The Hall–Kier alpha value is -2.88. The number of hydrogen-bond acceptors (Lipinski definition) is 1. The van der Waals surface area contributed by atoms with Crippen LogP contribution in [0.1, 0.15) is 28.3 Å². The second kappa shape index (κ2) is 7.34. The summed E-state index contributed by atoms with van der Waals surface area (Å²) >= 11 is 0. The van der Waals surface area contributed by atoms with Gasteiger partial charge in [-0.3, -0.25) is 4.99 Å². The molecule has 126 valence electrons. The Bertz CT molecular complexity index is 783. The zero-order valence-corrected chi connectivity index (χ0v) is 13.3. The summed E-state index contributed by atoms with van der Waals surface area (Å²) in [5.74, 6) is 0. The fourth-order valence-electron chi connectivity index (χ4n) is 2.55. The van der Waals surface area contributed by atoms with Gasteiger partial charge < -0.3 is 0 Å². The van der Waals surface area contributed by atoms with E-state index in [1.165, 1.54) is 12.1 Å². The van der Waals surface area contributed by atoms with Gasteiger partial charge in [-0.25, -0.2) is 0 Å². The third kappa shape index (κ3) is 4.35. The molecule has 0 atom stereocenters. The summed E-state index contributed by atoms with van der Waals surface area (Å²) in [6.07, 6.45) is -2.71. The van der Waals surface area contributed by atoms with Gasteiger partial charge in [0, 0.05) is 6.21 Å². The predicted octanol–water partition coefficient (Wildman–Crippen LogP) is 5.91. The average molecular weight is 339 g/mol. The molecule has 0 aliphatic rings. The van der Waals surface area contributed by atoms with Gasteiger partial charge in [-0.05, 0) is 28.8 Å². The van der Waals surface area contributed by atoms with Crippen molar-refractivity contribution in [2.75, 3.05) is 0 Å². The molecule has 0 N–H and O–H groups in total. The summed E-state index contributed by atoms with van der Waals surface area (Å²) in [6, 6.07) is 24.4. The van der Waals surface area contributed by atoms with Crippen molar-refractivity contribution in [3.63, 3.8) is 0 Å². The molecule has 1 nitrogen and oxygen atoms in total. The van der Waals surface area contributed by atoms with E-state index >= 15 is 0 Å². The van der Waals surface area contributed by atoms with E-state index in [2.05, 4.69) is 4.99 Å². The molecule has 0 bridgehead atoms. The van der Waals surface area contributed by atoms with Crippen LogP contribution in [-0.4, -0.2) is 6.21 Å². The van der Waals surface area contributed by atoms with E-state index in [1.54, 1.807) is 6.21 Å². The molecule has 0 unspecified atom stereocenters. The van der Waals surface area contributed by atoms with Crippen molar-refractivity contribution in [1.29, 1.82) is 0 Å². The lowest BCUT2D eigenvalue weighted by Gasteiger charge is -2.13. The molecule has 0 radical (unpaired) electrons. The monoisotopic (exact) mass is 339 g/mol. The predicted molar refractivity (Wildman–Crippen MR) is 93.8 cm³/mol. The van der Waals surface area contributed by atoms with Gasteiger partial charge in [0.2, 0.25) is 0 Å². The molecule has 0 heterocycles. The maximum atomic E-state index is 12.6. The lowest BCUT2D eigenvalue weighted by Crippen LogP contribution is -2.04. The average Bonchev–Trinajstić information content (AvgIpc) is 2.63. The van der Waals surface area contributed by atoms with Crippen LogP contribution in [0.25, 0.3) is 0 Å². The van der Waals surface area contributed by atoms with Crippen LogP contribution in [0, 0.1) is 0 Å². The van der Waals surface area contributed by atoms with E-state index in [4.69, 9.17) is 0 Å². The summed E-state index contributed by atoms with van der Waals surface area (Å²) in [5, 5.41) is 0. The van der Waals surface area contributed by atoms with E-state index in [0.717, 1.165) is 23.3 Å². The molecular weight excluding hydrogens is 323 g/mol. The summed E-state index contributed by atoms with van der Waals surface area (Å²) in [4.78, 5) is 4.62. The Morgan fingerprint density at radius 1 is 0.680 bits per heavy atom. The van der Waals surface area contributed by atoms with Crippen LogP contribution < -0.4 is 0 Å². The summed E-state index contributed by atoms with van der Waals surface area (Å²) in [7, 11) is 0. The Kier molecular flexibility index (Phi) is 4.98. The van der Waals surface area contributed by atoms with Crippen LogP contribution >= 0.6 is 0 Å². The molecule has 3 rings (SSSR count). The molecule has 4 heteroatoms. The molecule has 0 fully saturated rings. The van der Waals surface area contributed by atoms with Crippen molar-refractivity contribution in [3.05, 3.63) is 107 Å². The molecule has 0 aliphatic heterocycles. The van der Waals surface area contributed by atoms with Crippen LogP contribution in [-0.2, 0) is 6.18 Å². The van der Waals surface area contributed by atoms with Crippen LogP contribution in [0.5, 0.6) is 0 Å². The summed E-state index contributed by atoms with van der Waals surface area (Å²) in [5.41, 5.74) is 2.02. The van der Waals surface area contributed by atoms with Gasteiger partial charge in [0.25, 0.3) is 0 Å². The summed E-state index contributed by atoms with van der Waals surface area (Å²) < 4.78 is 37.9. The number of rotatable bonds is 4. The molecule has 0 saturated carbocycles. The fourth-order valence-corrected chi connectivity index (χ4v) is 2.55. The zero-order valence-electron chi connectivity index (χ0n) is 13.3. The fraction of sp³-hybridized carbons (Fsp3) is 0.0952.